The number of esters is 2. The van der Waals surface area contributed by atoms with Gasteiger partial charge in [0.1, 0.15) is 6.04 Å². The van der Waals surface area contributed by atoms with Gasteiger partial charge in [0.05, 0.1) is 12.0 Å². The molecule has 0 spiro atoms. The van der Waals surface area contributed by atoms with Crippen LogP contribution in [-0.2, 0) is 23.8 Å². The van der Waals surface area contributed by atoms with Crippen molar-refractivity contribution in [3.63, 3.8) is 0 Å². The molecule has 0 saturated carbocycles. The van der Waals surface area contributed by atoms with Crippen molar-refractivity contribution in [2.45, 2.75) is 39.8 Å². The largest absolute Gasteiger partial charge is 0.462 e. The number of thioether (sulfide) groups is 1. The fraction of sp³-hybridized carbons (Fsp3) is 0.750. The third-order valence-electron chi connectivity index (χ3n) is 1.88. The molecule has 0 aromatic rings. The Kier molecular flexibility index (Phi) is 8.98. The van der Waals surface area contributed by atoms with E-state index in [-0.39, 0.29) is 17.8 Å². The Morgan fingerprint density at radius 2 is 1.65 bits per heavy atom. The van der Waals surface area contributed by atoms with Crippen LogP contribution >= 0.6 is 11.8 Å². The molecule has 0 aliphatic rings. The summed E-state index contributed by atoms with van der Waals surface area (Å²) in [5.74, 6) is -1.30. The maximum Gasteiger partial charge on any atom is 0.370 e. The van der Waals surface area contributed by atoms with Gasteiger partial charge in [0.25, 0.3) is 0 Å². The van der Waals surface area contributed by atoms with Crippen LogP contribution in [0.1, 0.15) is 27.7 Å². The van der Waals surface area contributed by atoms with Crippen molar-refractivity contribution in [1.29, 1.82) is 0 Å². The van der Waals surface area contributed by atoms with Crippen molar-refractivity contribution in [2.24, 2.45) is 11.7 Å². The first-order valence-electron chi connectivity index (χ1n) is 6.16. The highest BCUT2D eigenvalue weighted by molar-refractivity contribution is 8.13. The molecule has 0 fully saturated rings. The van der Waals surface area contributed by atoms with Gasteiger partial charge in [-0.3, -0.25) is 9.59 Å². The van der Waals surface area contributed by atoms with E-state index in [4.69, 9.17) is 10.5 Å². The summed E-state index contributed by atoms with van der Waals surface area (Å²) in [6.45, 7) is 6.29. The Bertz CT molecular complexity index is 345. The molecule has 1 atom stereocenters. The van der Waals surface area contributed by atoms with Crippen LogP contribution in [0.5, 0.6) is 0 Å². The molecule has 0 bridgehead atoms. The summed E-state index contributed by atoms with van der Waals surface area (Å²) in [6.07, 6.45) is -0.263. The molecule has 2 N–H and O–H groups in total. The molecular weight excluding hydrogens is 286 g/mol. The zero-order chi connectivity index (χ0) is 15.7. The lowest BCUT2D eigenvalue weighted by Gasteiger charge is -2.13. The Labute approximate surface area is 122 Å². The molecule has 0 saturated heterocycles. The maximum atomic E-state index is 11.4. The predicted molar refractivity (Wildman–Crippen MR) is 73.9 cm³/mol. The fourth-order valence-corrected chi connectivity index (χ4v) is 1.47. The van der Waals surface area contributed by atoms with Gasteiger partial charge in [-0.2, -0.15) is 0 Å². The fourth-order valence-electron chi connectivity index (χ4n) is 0.890. The van der Waals surface area contributed by atoms with E-state index in [0.717, 1.165) is 11.8 Å². The van der Waals surface area contributed by atoms with E-state index in [1.807, 2.05) is 0 Å². The molecular formula is C12H21NO6S. The Morgan fingerprint density at radius 3 is 2.15 bits per heavy atom. The molecule has 1 unspecified atom stereocenters. The van der Waals surface area contributed by atoms with E-state index in [2.05, 4.69) is 9.47 Å². The molecule has 20 heavy (non-hydrogen) atoms. The summed E-state index contributed by atoms with van der Waals surface area (Å²) in [5, 5.41) is -0.672. The second-order valence-electron chi connectivity index (χ2n) is 4.53. The van der Waals surface area contributed by atoms with Crippen molar-refractivity contribution in [3.8, 4) is 0 Å². The van der Waals surface area contributed by atoms with Gasteiger partial charge in [0.2, 0.25) is 6.79 Å². The average molecular weight is 307 g/mol. The van der Waals surface area contributed by atoms with Gasteiger partial charge in [-0.1, -0.05) is 13.8 Å². The first-order valence-corrected chi connectivity index (χ1v) is 7.14. The third kappa shape index (κ3) is 8.76. The Balaban J connectivity index is 3.82. The Hall–Kier alpha value is -1.28. The highest BCUT2D eigenvalue weighted by Crippen LogP contribution is 2.08. The number of rotatable bonds is 7. The van der Waals surface area contributed by atoms with E-state index in [0.29, 0.717) is 0 Å². The first-order chi connectivity index (χ1) is 9.23. The normalized spacial score (nSPS) is 12.2. The number of carbonyl (C=O) groups excluding carboxylic acids is 3. The predicted octanol–water partition coefficient (Wildman–Crippen LogP) is 1.29. The molecule has 0 aromatic heterocycles. The third-order valence-corrected chi connectivity index (χ3v) is 2.76. The lowest BCUT2D eigenvalue weighted by molar-refractivity contribution is -0.155. The topological polar surface area (TPSA) is 105 Å². The highest BCUT2D eigenvalue weighted by atomic mass is 32.2. The SMILES string of the molecule is CC(C)OC(=O)C(N)CSC(=O)OCOC(=O)C(C)C. The van der Waals surface area contributed by atoms with Crippen LogP contribution in [0.15, 0.2) is 0 Å². The zero-order valence-electron chi connectivity index (χ0n) is 12.1. The summed E-state index contributed by atoms with van der Waals surface area (Å²) in [6, 6.07) is -0.909. The van der Waals surface area contributed by atoms with Crippen LogP contribution in [0.25, 0.3) is 0 Å². The van der Waals surface area contributed by atoms with Gasteiger partial charge in [0.15, 0.2) is 0 Å². The Morgan fingerprint density at radius 1 is 1.05 bits per heavy atom. The van der Waals surface area contributed by atoms with Gasteiger partial charge in [-0.05, 0) is 25.6 Å². The molecule has 0 aliphatic carbocycles. The molecule has 116 valence electrons. The van der Waals surface area contributed by atoms with Crippen LogP contribution < -0.4 is 5.73 Å². The lowest BCUT2D eigenvalue weighted by Crippen LogP contribution is -2.36. The molecule has 0 rings (SSSR count). The van der Waals surface area contributed by atoms with Gasteiger partial charge in [-0.15, -0.1) is 0 Å². The van der Waals surface area contributed by atoms with Crippen LogP contribution in [0.2, 0.25) is 0 Å². The molecule has 0 aromatic carbocycles. The van der Waals surface area contributed by atoms with Crippen LogP contribution in [0.4, 0.5) is 4.79 Å². The minimum atomic E-state index is -0.909. The van der Waals surface area contributed by atoms with Gasteiger partial charge >= 0.3 is 17.2 Å². The quantitative estimate of drug-likeness (QED) is 0.554. The number of ether oxygens (including phenoxy) is 3. The summed E-state index contributed by atoms with van der Waals surface area (Å²) >= 11 is 0.722. The molecule has 0 aliphatic heterocycles. The number of nitrogens with two attached hydrogens (primary N) is 1. The molecule has 0 amide bonds. The van der Waals surface area contributed by atoms with E-state index in [9.17, 15) is 14.4 Å². The van der Waals surface area contributed by atoms with Gasteiger partial charge in [0, 0.05) is 5.75 Å². The maximum absolute atomic E-state index is 11.4. The smallest absolute Gasteiger partial charge is 0.370 e. The van der Waals surface area contributed by atoms with Crippen molar-refractivity contribution < 1.29 is 28.6 Å². The van der Waals surface area contributed by atoms with Crippen LogP contribution in [-0.4, -0.2) is 41.9 Å². The molecule has 7 nitrogen and oxygen atoms in total. The summed E-state index contributed by atoms with van der Waals surface area (Å²) in [4.78, 5) is 33.7. The zero-order valence-corrected chi connectivity index (χ0v) is 12.9. The standard InChI is InChI=1S/C12H21NO6S/c1-7(2)10(14)17-6-18-12(16)20-5-9(13)11(15)19-8(3)4/h7-9H,5-6,13H2,1-4H3. The highest BCUT2D eigenvalue weighted by Gasteiger charge is 2.19. The van der Waals surface area contributed by atoms with Crippen LogP contribution in [0.3, 0.4) is 0 Å². The first kappa shape index (κ1) is 18.7. The molecule has 0 radical (unpaired) electrons. The van der Waals surface area contributed by atoms with Gasteiger partial charge < -0.3 is 19.9 Å². The minimum Gasteiger partial charge on any atom is -0.462 e. The lowest BCUT2D eigenvalue weighted by atomic mass is 10.2. The number of hydrogen-bond donors (Lipinski definition) is 1. The van der Waals surface area contributed by atoms with E-state index < -0.39 is 30.1 Å². The number of hydrogen-bond acceptors (Lipinski definition) is 8. The minimum absolute atomic E-state index is 0.0303. The summed E-state index contributed by atoms with van der Waals surface area (Å²) in [7, 11) is 0. The van der Waals surface area contributed by atoms with E-state index in [1.54, 1.807) is 27.7 Å². The van der Waals surface area contributed by atoms with Gasteiger partial charge in [-0.25, -0.2) is 4.79 Å². The van der Waals surface area contributed by atoms with E-state index in [1.165, 1.54) is 0 Å². The number of carbonyl (C=O) groups is 3. The second-order valence-corrected chi connectivity index (χ2v) is 5.49. The second kappa shape index (κ2) is 9.60. The molecule has 8 heteroatoms. The summed E-state index contributed by atoms with van der Waals surface area (Å²) in [5.41, 5.74) is 5.54. The van der Waals surface area contributed by atoms with Crippen molar-refractivity contribution >= 4 is 29.0 Å². The summed E-state index contributed by atoms with van der Waals surface area (Å²) < 4.78 is 14.2. The van der Waals surface area contributed by atoms with Crippen LogP contribution in [0, 0.1) is 5.92 Å². The van der Waals surface area contributed by atoms with Crippen molar-refractivity contribution in [1.82, 2.24) is 0 Å². The monoisotopic (exact) mass is 307 g/mol. The van der Waals surface area contributed by atoms with Crippen molar-refractivity contribution in [2.75, 3.05) is 12.5 Å². The molecule has 0 heterocycles. The van der Waals surface area contributed by atoms with E-state index >= 15 is 0 Å². The van der Waals surface area contributed by atoms with Crippen molar-refractivity contribution in [3.05, 3.63) is 0 Å². The average Bonchev–Trinajstić information content (AvgIpc) is 2.34.